The van der Waals surface area contributed by atoms with Gasteiger partial charge in [-0.25, -0.2) is 13.1 Å². The van der Waals surface area contributed by atoms with Crippen LogP contribution in [-0.2, 0) is 23.2 Å². The van der Waals surface area contributed by atoms with Gasteiger partial charge in [0, 0.05) is 11.1 Å². The van der Waals surface area contributed by atoms with E-state index in [-0.39, 0.29) is 23.1 Å². The van der Waals surface area contributed by atoms with Gasteiger partial charge in [-0.1, -0.05) is 16.8 Å². The van der Waals surface area contributed by atoms with Crippen LogP contribution in [0.3, 0.4) is 0 Å². The van der Waals surface area contributed by atoms with Crippen LogP contribution >= 0.6 is 11.6 Å². The molecule has 8 heteroatoms. The number of sulfonamides is 1. The number of hydrogen-bond acceptors (Lipinski definition) is 5. The van der Waals surface area contributed by atoms with Crippen molar-refractivity contribution in [3.05, 3.63) is 46.3 Å². The van der Waals surface area contributed by atoms with Crippen molar-refractivity contribution in [2.75, 3.05) is 0 Å². The minimum absolute atomic E-state index is 0.0112. The van der Waals surface area contributed by atoms with Gasteiger partial charge in [0.2, 0.25) is 10.0 Å². The van der Waals surface area contributed by atoms with Gasteiger partial charge in [-0.05, 0) is 30.2 Å². The second-order valence-corrected chi connectivity index (χ2v) is 6.32. The van der Waals surface area contributed by atoms with Gasteiger partial charge in [0.25, 0.3) is 0 Å². The highest BCUT2D eigenvalue weighted by Gasteiger charge is 2.20. The molecule has 0 fully saturated rings. The smallest absolute Gasteiger partial charge is 0.241 e. The molecule has 0 aliphatic heterocycles. The lowest BCUT2D eigenvalue weighted by Gasteiger charge is -2.12. The Morgan fingerprint density at radius 2 is 2.20 bits per heavy atom. The summed E-state index contributed by atoms with van der Waals surface area (Å²) in [5.41, 5.74) is 0.930. The minimum atomic E-state index is -3.76. The lowest BCUT2D eigenvalue weighted by molar-refractivity contribution is 0.280. The molecule has 0 aliphatic rings. The molecule has 1 aromatic carbocycles. The molecule has 0 amide bonds. The Morgan fingerprint density at radius 1 is 1.45 bits per heavy atom. The van der Waals surface area contributed by atoms with Crippen molar-refractivity contribution in [1.29, 1.82) is 0 Å². The van der Waals surface area contributed by atoms with Gasteiger partial charge in [0.1, 0.15) is 0 Å². The van der Waals surface area contributed by atoms with Crippen LogP contribution in [0, 0.1) is 6.92 Å². The standard InChI is InChI=1S/C12H13ClN2O4S/c1-8-9(7-16)4-10(13)5-12(8)20(17,18)15-6-11-2-3-14-19-11/h2-5,15-16H,6-7H2,1H3. The molecule has 2 N–H and O–H groups in total. The van der Waals surface area contributed by atoms with Crippen LogP contribution < -0.4 is 4.72 Å². The summed E-state index contributed by atoms with van der Waals surface area (Å²) < 4.78 is 31.7. The van der Waals surface area contributed by atoms with Gasteiger partial charge >= 0.3 is 0 Å². The Morgan fingerprint density at radius 3 is 2.80 bits per heavy atom. The molecule has 108 valence electrons. The SMILES string of the molecule is Cc1c(CO)cc(Cl)cc1S(=O)(=O)NCc1ccno1. The maximum absolute atomic E-state index is 12.3. The maximum Gasteiger partial charge on any atom is 0.241 e. The molecule has 6 nitrogen and oxygen atoms in total. The van der Waals surface area contributed by atoms with E-state index in [1.807, 2.05) is 0 Å². The second-order valence-electron chi connectivity index (χ2n) is 4.15. The van der Waals surface area contributed by atoms with E-state index in [0.29, 0.717) is 16.9 Å². The van der Waals surface area contributed by atoms with E-state index in [9.17, 15) is 13.5 Å². The summed E-state index contributed by atoms with van der Waals surface area (Å²) in [4.78, 5) is 0.0357. The minimum Gasteiger partial charge on any atom is -0.392 e. The molecule has 2 aromatic rings. The van der Waals surface area contributed by atoms with Crippen LogP contribution in [0.2, 0.25) is 5.02 Å². The van der Waals surface area contributed by atoms with Crippen LogP contribution in [0.25, 0.3) is 0 Å². The topological polar surface area (TPSA) is 92.4 Å². The van der Waals surface area contributed by atoms with E-state index >= 15 is 0 Å². The summed E-state index contributed by atoms with van der Waals surface area (Å²) in [5, 5.41) is 13.0. The Balaban J connectivity index is 2.31. The van der Waals surface area contributed by atoms with E-state index < -0.39 is 10.0 Å². The Hall–Kier alpha value is -1.41. The van der Waals surface area contributed by atoms with Gasteiger partial charge in [0.05, 0.1) is 24.2 Å². The molecule has 0 bridgehead atoms. The number of rotatable bonds is 5. The van der Waals surface area contributed by atoms with Crippen molar-refractivity contribution in [1.82, 2.24) is 9.88 Å². The quantitative estimate of drug-likeness (QED) is 0.874. The van der Waals surface area contributed by atoms with Gasteiger partial charge in [-0.15, -0.1) is 0 Å². The number of aliphatic hydroxyl groups excluding tert-OH is 1. The lowest BCUT2D eigenvalue weighted by Crippen LogP contribution is -2.24. The first-order valence-corrected chi connectivity index (χ1v) is 7.59. The van der Waals surface area contributed by atoms with Crippen molar-refractivity contribution in [2.45, 2.75) is 25.0 Å². The molecule has 1 heterocycles. The molecule has 0 spiro atoms. The third-order valence-electron chi connectivity index (χ3n) is 2.82. The number of nitrogens with zero attached hydrogens (tertiary/aromatic N) is 1. The fourth-order valence-corrected chi connectivity index (χ4v) is 3.34. The van der Waals surface area contributed by atoms with Crippen molar-refractivity contribution in [3.8, 4) is 0 Å². The third kappa shape index (κ3) is 3.18. The molecule has 20 heavy (non-hydrogen) atoms. The average Bonchev–Trinajstić information content (AvgIpc) is 2.92. The summed E-state index contributed by atoms with van der Waals surface area (Å²) >= 11 is 5.87. The monoisotopic (exact) mass is 316 g/mol. The van der Waals surface area contributed by atoms with Gasteiger partial charge in [0.15, 0.2) is 5.76 Å². The predicted octanol–water partition coefficient (Wildman–Crippen LogP) is 1.61. The molecule has 0 saturated heterocycles. The molecular formula is C12H13ClN2O4S. The van der Waals surface area contributed by atoms with Crippen molar-refractivity contribution >= 4 is 21.6 Å². The van der Waals surface area contributed by atoms with Crippen molar-refractivity contribution in [2.24, 2.45) is 0 Å². The molecule has 0 atom stereocenters. The molecular weight excluding hydrogens is 304 g/mol. The zero-order chi connectivity index (χ0) is 14.8. The number of halogens is 1. The molecule has 0 radical (unpaired) electrons. The van der Waals surface area contributed by atoms with Crippen molar-refractivity contribution in [3.63, 3.8) is 0 Å². The fourth-order valence-electron chi connectivity index (χ4n) is 1.73. The molecule has 0 unspecified atom stereocenters. The third-order valence-corrected chi connectivity index (χ3v) is 4.57. The summed E-state index contributed by atoms with van der Waals surface area (Å²) in [7, 11) is -3.76. The van der Waals surface area contributed by atoms with Crippen LogP contribution in [0.5, 0.6) is 0 Å². The summed E-state index contributed by atoms with van der Waals surface area (Å²) in [5.74, 6) is 0.399. The number of aliphatic hydroxyl groups is 1. The molecule has 0 aliphatic carbocycles. The Labute approximate surface area is 121 Å². The van der Waals surface area contributed by atoms with Gasteiger partial charge < -0.3 is 9.63 Å². The number of benzene rings is 1. The summed E-state index contributed by atoms with van der Waals surface area (Å²) in [6.45, 7) is 1.32. The lowest BCUT2D eigenvalue weighted by atomic mass is 10.1. The highest BCUT2D eigenvalue weighted by Crippen LogP contribution is 2.24. The first-order valence-electron chi connectivity index (χ1n) is 5.73. The van der Waals surface area contributed by atoms with Gasteiger partial charge in [-0.2, -0.15) is 0 Å². The van der Waals surface area contributed by atoms with E-state index in [4.69, 9.17) is 16.1 Å². The van der Waals surface area contributed by atoms with Crippen LogP contribution in [0.1, 0.15) is 16.9 Å². The van der Waals surface area contributed by atoms with E-state index in [1.54, 1.807) is 13.0 Å². The van der Waals surface area contributed by atoms with E-state index in [2.05, 4.69) is 9.88 Å². The molecule has 2 rings (SSSR count). The normalized spacial score (nSPS) is 11.8. The molecule has 1 aromatic heterocycles. The van der Waals surface area contributed by atoms with Crippen LogP contribution in [0.15, 0.2) is 33.8 Å². The summed E-state index contributed by atoms with van der Waals surface area (Å²) in [6, 6.07) is 4.44. The fraction of sp³-hybridized carbons (Fsp3) is 0.250. The highest BCUT2D eigenvalue weighted by molar-refractivity contribution is 7.89. The van der Waals surface area contributed by atoms with E-state index in [0.717, 1.165) is 0 Å². The highest BCUT2D eigenvalue weighted by atomic mass is 35.5. The number of hydrogen-bond donors (Lipinski definition) is 2. The van der Waals surface area contributed by atoms with E-state index in [1.165, 1.54) is 18.3 Å². The Bertz CT molecular complexity index is 698. The van der Waals surface area contributed by atoms with Crippen LogP contribution in [0.4, 0.5) is 0 Å². The summed E-state index contributed by atoms with van der Waals surface area (Å²) in [6.07, 6.45) is 1.43. The zero-order valence-electron chi connectivity index (χ0n) is 10.6. The molecule has 0 saturated carbocycles. The van der Waals surface area contributed by atoms with Crippen LogP contribution in [-0.4, -0.2) is 18.7 Å². The zero-order valence-corrected chi connectivity index (χ0v) is 12.2. The van der Waals surface area contributed by atoms with Crippen molar-refractivity contribution < 1.29 is 18.0 Å². The number of aromatic nitrogens is 1. The first kappa shape index (κ1) is 15.0. The average molecular weight is 317 g/mol. The number of nitrogens with one attached hydrogen (secondary N) is 1. The van der Waals surface area contributed by atoms with Gasteiger partial charge in [-0.3, -0.25) is 0 Å². The maximum atomic E-state index is 12.3. The predicted molar refractivity (Wildman–Crippen MR) is 72.6 cm³/mol. The largest absolute Gasteiger partial charge is 0.392 e. The first-order chi connectivity index (χ1) is 9.44. The second kappa shape index (κ2) is 5.92. The Kier molecular flexibility index (Phi) is 4.44.